The van der Waals surface area contributed by atoms with E-state index in [-0.39, 0.29) is 5.41 Å². The summed E-state index contributed by atoms with van der Waals surface area (Å²) in [5, 5.41) is 3.44. The Morgan fingerprint density at radius 1 is 0.944 bits per heavy atom. The molecule has 0 saturated heterocycles. The van der Waals surface area contributed by atoms with Gasteiger partial charge in [-0.25, -0.2) is 0 Å². The molecule has 0 radical (unpaired) electrons. The third-order valence-electron chi connectivity index (χ3n) is 3.87. The predicted octanol–water partition coefficient (Wildman–Crippen LogP) is 5.32. The number of hydrogen-bond acceptors (Lipinski definition) is 1. The second-order valence-electron chi connectivity index (χ2n) is 5.86. The van der Waals surface area contributed by atoms with Crippen molar-refractivity contribution >= 4 is 0 Å². The maximum atomic E-state index is 3.99. The highest BCUT2D eigenvalue weighted by Crippen LogP contribution is 2.25. The molecule has 0 spiro atoms. The van der Waals surface area contributed by atoms with Crippen molar-refractivity contribution in [3.8, 4) is 0 Å². The molecule has 18 heavy (non-hydrogen) atoms. The van der Waals surface area contributed by atoms with E-state index in [1.165, 1.54) is 57.8 Å². The summed E-state index contributed by atoms with van der Waals surface area (Å²) < 4.78 is 0. The molecule has 1 N–H and O–H groups in total. The first-order valence-electron chi connectivity index (χ1n) is 8.03. The van der Waals surface area contributed by atoms with E-state index in [0.717, 1.165) is 13.1 Å². The number of rotatable bonds is 13. The maximum Gasteiger partial charge on any atom is 0.00396 e. The normalized spacial score (nSPS) is 14.4. The van der Waals surface area contributed by atoms with Crippen molar-refractivity contribution in [2.24, 2.45) is 5.41 Å². The van der Waals surface area contributed by atoms with Crippen LogP contribution in [0.1, 0.15) is 78.6 Å². The van der Waals surface area contributed by atoms with Gasteiger partial charge in [-0.1, -0.05) is 78.2 Å². The largest absolute Gasteiger partial charge is 0.316 e. The first kappa shape index (κ1) is 17.7. The van der Waals surface area contributed by atoms with Crippen LogP contribution in [0.15, 0.2) is 12.7 Å². The minimum absolute atomic E-state index is 0.290. The fourth-order valence-corrected chi connectivity index (χ4v) is 2.34. The van der Waals surface area contributed by atoms with Crippen molar-refractivity contribution in [3.63, 3.8) is 0 Å². The molecule has 1 nitrogen and oxygen atoms in total. The molecular weight excluding hydrogens is 218 g/mol. The first-order chi connectivity index (χ1) is 8.68. The molecule has 0 saturated carbocycles. The molecule has 0 bridgehead atoms. The second kappa shape index (κ2) is 11.8. The van der Waals surface area contributed by atoms with Crippen molar-refractivity contribution in [1.82, 2.24) is 5.32 Å². The maximum absolute atomic E-state index is 3.99. The van der Waals surface area contributed by atoms with Crippen LogP contribution in [0.2, 0.25) is 0 Å². The highest BCUT2D eigenvalue weighted by Gasteiger charge is 2.18. The van der Waals surface area contributed by atoms with Gasteiger partial charge in [0.05, 0.1) is 0 Å². The highest BCUT2D eigenvalue weighted by molar-refractivity contribution is 4.92. The van der Waals surface area contributed by atoms with E-state index in [0.29, 0.717) is 0 Å². The van der Waals surface area contributed by atoms with Crippen LogP contribution in [0.5, 0.6) is 0 Å². The molecule has 0 aliphatic heterocycles. The molecule has 0 fully saturated rings. The Kier molecular flexibility index (Phi) is 11.6. The van der Waals surface area contributed by atoms with E-state index in [9.17, 15) is 0 Å². The van der Waals surface area contributed by atoms with Gasteiger partial charge in [-0.05, 0) is 18.4 Å². The Morgan fingerprint density at radius 2 is 1.50 bits per heavy atom. The summed E-state index contributed by atoms with van der Waals surface area (Å²) in [5.41, 5.74) is 0.290. The van der Waals surface area contributed by atoms with Gasteiger partial charge in [0, 0.05) is 6.54 Å². The molecule has 108 valence electrons. The van der Waals surface area contributed by atoms with Gasteiger partial charge in [0.2, 0.25) is 0 Å². The lowest BCUT2D eigenvalue weighted by Gasteiger charge is -2.26. The van der Waals surface area contributed by atoms with Crippen LogP contribution in [-0.4, -0.2) is 13.1 Å². The minimum atomic E-state index is 0.290. The SMILES string of the molecule is C=CC(C)(CCCCCCCCCC)CNCC. The molecule has 0 aromatic rings. The Bertz CT molecular complexity index is 188. The average molecular weight is 253 g/mol. The Hall–Kier alpha value is -0.300. The van der Waals surface area contributed by atoms with Gasteiger partial charge in [-0.3, -0.25) is 0 Å². The van der Waals surface area contributed by atoms with Gasteiger partial charge < -0.3 is 5.32 Å². The Morgan fingerprint density at radius 3 is 2.00 bits per heavy atom. The van der Waals surface area contributed by atoms with E-state index < -0.39 is 0 Å². The molecule has 0 amide bonds. The van der Waals surface area contributed by atoms with Crippen LogP contribution in [0.4, 0.5) is 0 Å². The van der Waals surface area contributed by atoms with E-state index in [4.69, 9.17) is 0 Å². The van der Waals surface area contributed by atoms with Crippen molar-refractivity contribution in [2.45, 2.75) is 78.6 Å². The number of unbranched alkanes of at least 4 members (excludes halogenated alkanes) is 7. The molecule has 0 aliphatic rings. The summed E-state index contributed by atoms with van der Waals surface area (Å²) in [4.78, 5) is 0. The van der Waals surface area contributed by atoms with Crippen molar-refractivity contribution in [3.05, 3.63) is 12.7 Å². The average Bonchev–Trinajstić information content (AvgIpc) is 2.39. The lowest BCUT2D eigenvalue weighted by molar-refractivity contribution is 0.350. The first-order valence-corrected chi connectivity index (χ1v) is 8.03. The van der Waals surface area contributed by atoms with Crippen molar-refractivity contribution < 1.29 is 0 Å². The summed E-state index contributed by atoms with van der Waals surface area (Å²) in [5.74, 6) is 0. The van der Waals surface area contributed by atoms with Gasteiger partial charge in [0.1, 0.15) is 0 Å². The summed E-state index contributed by atoms with van der Waals surface area (Å²) in [7, 11) is 0. The van der Waals surface area contributed by atoms with Crippen molar-refractivity contribution in [2.75, 3.05) is 13.1 Å². The van der Waals surface area contributed by atoms with E-state index in [2.05, 4.69) is 38.7 Å². The summed E-state index contributed by atoms with van der Waals surface area (Å²) in [6.45, 7) is 12.9. The zero-order chi connectivity index (χ0) is 13.7. The second-order valence-corrected chi connectivity index (χ2v) is 5.86. The zero-order valence-corrected chi connectivity index (χ0v) is 13.1. The topological polar surface area (TPSA) is 12.0 Å². The fraction of sp³-hybridized carbons (Fsp3) is 0.882. The standard InChI is InChI=1S/C17H35N/c1-5-8-9-10-11-12-13-14-15-17(4,6-2)16-18-7-3/h6,18H,2,5,7-16H2,1,3-4H3. The molecule has 1 unspecified atom stereocenters. The zero-order valence-electron chi connectivity index (χ0n) is 13.1. The van der Waals surface area contributed by atoms with Gasteiger partial charge >= 0.3 is 0 Å². The molecule has 0 aliphatic carbocycles. The smallest absolute Gasteiger partial charge is 0.00396 e. The lowest BCUT2D eigenvalue weighted by atomic mass is 9.84. The minimum Gasteiger partial charge on any atom is -0.316 e. The molecule has 1 heteroatoms. The molecule has 0 aromatic carbocycles. The summed E-state index contributed by atoms with van der Waals surface area (Å²) in [6.07, 6.45) is 14.6. The van der Waals surface area contributed by atoms with Crippen LogP contribution < -0.4 is 5.32 Å². The van der Waals surface area contributed by atoms with Crippen LogP contribution in [0.25, 0.3) is 0 Å². The third-order valence-corrected chi connectivity index (χ3v) is 3.87. The quantitative estimate of drug-likeness (QED) is 0.346. The molecule has 0 rings (SSSR count). The van der Waals surface area contributed by atoms with E-state index in [1.54, 1.807) is 0 Å². The summed E-state index contributed by atoms with van der Waals surface area (Å²) >= 11 is 0. The van der Waals surface area contributed by atoms with Gasteiger partial charge in [-0.2, -0.15) is 0 Å². The van der Waals surface area contributed by atoms with Crippen LogP contribution in [-0.2, 0) is 0 Å². The Balaban J connectivity index is 3.47. The van der Waals surface area contributed by atoms with E-state index in [1.807, 2.05) is 0 Å². The van der Waals surface area contributed by atoms with Crippen LogP contribution in [0, 0.1) is 5.41 Å². The molecule has 0 heterocycles. The molecule has 1 atom stereocenters. The monoisotopic (exact) mass is 253 g/mol. The van der Waals surface area contributed by atoms with Gasteiger partial charge in [-0.15, -0.1) is 6.58 Å². The highest BCUT2D eigenvalue weighted by atomic mass is 14.9. The van der Waals surface area contributed by atoms with Gasteiger partial charge in [0.25, 0.3) is 0 Å². The number of hydrogen-bond donors (Lipinski definition) is 1. The lowest BCUT2D eigenvalue weighted by Crippen LogP contribution is -2.30. The van der Waals surface area contributed by atoms with Crippen LogP contribution >= 0.6 is 0 Å². The third kappa shape index (κ3) is 9.70. The van der Waals surface area contributed by atoms with Gasteiger partial charge in [0.15, 0.2) is 0 Å². The molecule has 0 aromatic heterocycles. The summed E-state index contributed by atoms with van der Waals surface area (Å²) in [6, 6.07) is 0. The predicted molar refractivity (Wildman–Crippen MR) is 84.1 cm³/mol. The van der Waals surface area contributed by atoms with Crippen LogP contribution in [0.3, 0.4) is 0 Å². The van der Waals surface area contributed by atoms with E-state index >= 15 is 0 Å². The van der Waals surface area contributed by atoms with Crippen molar-refractivity contribution in [1.29, 1.82) is 0 Å². The fourth-order valence-electron chi connectivity index (χ4n) is 2.34. The Labute approximate surface area is 115 Å². The molecular formula is C17H35N. The number of nitrogens with one attached hydrogen (secondary N) is 1.